The maximum atomic E-state index is 11.6. The van der Waals surface area contributed by atoms with Gasteiger partial charge in [0, 0.05) is 5.02 Å². The van der Waals surface area contributed by atoms with E-state index < -0.39 is 11.9 Å². The highest BCUT2D eigenvalue weighted by molar-refractivity contribution is 6.32. The molecule has 1 aliphatic heterocycles. The standard InChI is InChI=1S/C18H14Cl2N2O4/c1-25-15-8-11(7-14-17(23)22-18(24)21-14)6-13(20)16(15)26-9-10-2-4-12(19)5-3-10/h2-8H,9H2,1H3,(H2,21,22,23,24)/b14-7+. The van der Waals surface area contributed by atoms with E-state index in [-0.39, 0.29) is 12.3 Å². The molecular formula is C18H14Cl2N2O4. The van der Waals surface area contributed by atoms with Crippen LogP contribution in [0.4, 0.5) is 4.79 Å². The van der Waals surface area contributed by atoms with Crippen LogP contribution in [0.2, 0.25) is 10.0 Å². The number of carbonyl (C=O) groups is 2. The Balaban J connectivity index is 1.83. The van der Waals surface area contributed by atoms with Gasteiger partial charge in [0.05, 0.1) is 12.1 Å². The van der Waals surface area contributed by atoms with Gasteiger partial charge in [0.2, 0.25) is 0 Å². The minimum Gasteiger partial charge on any atom is -0.493 e. The first-order chi connectivity index (χ1) is 12.5. The zero-order valence-corrected chi connectivity index (χ0v) is 15.1. The number of amides is 3. The fourth-order valence-electron chi connectivity index (χ4n) is 2.35. The molecule has 1 fully saturated rings. The van der Waals surface area contributed by atoms with Gasteiger partial charge in [0.25, 0.3) is 5.91 Å². The molecule has 1 heterocycles. The summed E-state index contributed by atoms with van der Waals surface area (Å²) in [5.41, 5.74) is 1.63. The Bertz CT molecular complexity index is 895. The van der Waals surface area contributed by atoms with Gasteiger partial charge in [0.1, 0.15) is 12.3 Å². The third kappa shape index (κ3) is 4.09. The smallest absolute Gasteiger partial charge is 0.326 e. The highest BCUT2D eigenvalue weighted by atomic mass is 35.5. The first-order valence-electron chi connectivity index (χ1n) is 7.55. The molecule has 0 bridgehead atoms. The minimum absolute atomic E-state index is 0.128. The molecule has 0 radical (unpaired) electrons. The Morgan fingerprint density at radius 1 is 1.08 bits per heavy atom. The van der Waals surface area contributed by atoms with E-state index in [2.05, 4.69) is 10.6 Å². The minimum atomic E-state index is -0.567. The summed E-state index contributed by atoms with van der Waals surface area (Å²) < 4.78 is 11.1. The van der Waals surface area contributed by atoms with Gasteiger partial charge in [-0.25, -0.2) is 4.79 Å². The molecule has 2 N–H and O–H groups in total. The molecule has 1 saturated heterocycles. The summed E-state index contributed by atoms with van der Waals surface area (Å²) in [6.45, 7) is 0.284. The maximum absolute atomic E-state index is 11.6. The van der Waals surface area contributed by atoms with E-state index in [0.29, 0.717) is 27.1 Å². The molecule has 3 rings (SSSR count). The van der Waals surface area contributed by atoms with E-state index in [1.807, 2.05) is 12.1 Å². The van der Waals surface area contributed by atoms with Crippen LogP contribution in [0.25, 0.3) is 6.08 Å². The average Bonchev–Trinajstić information content (AvgIpc) is 2.92. The number of carbonyl (C=O) groups excluding carboxylic acids is 2. The second-order valence-electron chi connectivity index (χ2n) is 5.42. The molecule has 2 aromatic carbocycles. The van der Waals surface area contributed by atoms with Crippen LogP contribution in [0, 0.1) is 0 Å². The molecule has 0 atom stereocenters. The van der Waals surface area contributed by atoms with Crippen LogP contribution in [0.15, 0.2) is 42.1 Å². The number of nitrogens with one attached hydrogen (secondary N) is 2. The van der Waals surface area contributed by atoms with E-state index in [4.69, 9.17) is 32.7 Å². The number of hydrogen-bond acceptors (Lipinski definition) is 4. The van der Waals surface area contributed by atoms with Crippen LogP contribution < -0.4 is 20.1 Å². The van der Waals surface area contributed by atoms with Gasteiger partial charge in [-0.05, 0) is 41.5 Å². The third-order valence-corrected chi connectivity index (χ3v) is 4.11. The van der Waals surface area contributed by atoms with Crippen molar-refractivity contribution in [3.63, 3.8) is 0 Å². The monoisotopic (exact) mass is 392 g/mol. The Labute approximate surface area is 159 Å². The average molecular weight is 393 g/mol. The van der Waals surface area contributed by atoms with Crippen molar-refractivity contribution < 1.29 is 19.1 Å². The second kappa shape index (κ2) is 7.68. The SMILES string of the molecule is COc1cc(/C=C2/NC(=O)NC2=O)cc(Cl)c1OCc1ccc(Cl)cc1. The lowest BCUT2D eigenvalue weighted by Crippen LogP contribution is -2.22. The molecule has 0 spiro atoms. The Morgan fingerprint density at radius 2 is 1.81 bits per heavy atom. The number of urea groups is 1. The quantitative estimate of drug-likeness (QED) is 0.599. The summed E-state index contributed by atoms with van der Waals surface area (Å²) in [5.74, 6) is 0.280. The Hall–Kier alpha value is -2.70. The lowest BCUT2D eigenvalue weighted by molar-refractivity contribution is -0.115. The Morgan fingerprint density at radius 3 is 2.42 bits per heavy atom. The van der Waals surface area contributed by atoms with E-state index >= 15 is 0 Å². The van der Waals surface area contributed by atoms with Crippen molar-refractivity contribution in [2.24, 2.45) is 0 Å². The molecule has 0 saturated carbocycles. The highest BCUT2D eigenvalue weighted by Crippen LogP contribution is 2.37. The lowest BCUT2D eigenvalue weighted by Gasteiger charge is -2.13. The maximum Gasteiger partial charge on any atom is 0.326 e. The molecule has 26 heavy (non-hydrogen) atoms. The fraction of sp³-hybridized carbons (Fsp3) is 0.111. The number of benzene rings is 2. The van der Waals surface area contributed by atoms with Crippen molar-refractivity contribution in [2.45, 2.75) is 6.61 Å². The number of methoxy groups -OCH3 is 1. The number of halogens is 2. The second-order valence-corrected chi connectivity index (χ2v) is 6.26. The number of imide groups is 1. The van der Waals surface area contributed by atoms with Gasteiger partial charge in [-0.1, -0.05) is 35.3 Å². The predicted molar refractivity (Wildman–Crippen MR) is 98.4 cm³/mol. The van der Waals surface area contributed by atoms with Gasteiger partial charge in [-0.2, -0.15) is 0 Å². The molecule has 1 aliphatic rings. The lowest BCUT2D eigenvalue weighted by atomic mass is 10.1. The van der Waals surface area contributed by atoms with Crippen LogP contribution in [-0.4, -0.2) is 19.0 Å². The first-order valence-corrected chi connectivity index (χ1v) is 8.30. The zero-order valence-electron chi connectivity index (χ0n) is 13.6. The van der Waals surface area contributed by atoms with Gasteiger partial charge < -0.3 is 14.8 Å². The molecule has 8 heteroatoms. The van der Waals surface area contributed by atoms with Crippen LogP contribution in [-0.2, 0) is 11.4 Å². The van der Waals surface area contributed by atoms with Crippen molar-refractivity contribution in [1.82, 2.24) is 10.6 Å². The van der Waals surface area contributed by atoms with Gasteiger partial charge in [0.15, 0.2) is 11.5 Å². The molecule has 6 nitrogen and oxygen atoms in total. The van der Waals surface area contributed by atoms with E-state index in [1.165, 1.54) is 13.2 Å². The van der Waals surface area contributed by atoms with E-state index in [0.717, 1.165) is 5.56 Å². The number of ether oxygens (including phenoxy) is 2. The first kappa shape index (κ1) is 18.1. The molecule has 2 aromatic rings. The largest absolute Gasteiger partial charge is 0.493 e. The van der Waals surface area contributed by atoms with Crippen molar-refractivity contribution in [3.05, 3.63) is 63.3 Å². The third-order valence-electron chi connectivity index (χ3n) is 3.58. The summed E-state index contributed by atoms with van der Waals surface area (Å²) in [6.07, 6.45) is 1.50. The summed E-state index contributed by atoms with van der Waals surface area (Å²) in [4.78, 5) is 22.8. The van der Waals surface area contributed by atoms with Crippen LogP contribution >= 0.6 is 23.2 Å². The molecule has 0 unspecified atom stereocenters. The van der Waals surface area contributed by atoms with Crippen LogP contribution in [0.5, 0.6) is 11.5 Å². The zero-order chi connectivity index (χ0) is 18.7. The van der Waals surface area contributed by atoms with Crippen LogP contribution in [0.1, 0.15) is 11.1 Å². The van der Waals surface area contributed by atoms with E-state index in [9.17, 15) is 9.59 Å². The van der Waals surface area contributed by atoms with Gasteiger partial charge in [-0.3, -0.25) is 10.1 Å². The summed E-state index contributed by atoms with van der Waals surface area (Å²) in [6, 6.07) is 9.96. The number of hydrogen-bond donors (Lipinski definition) is 2. The van der Waals surface area contributed by atoms with Crippen molar-refractivity contribution >= 4 is 41.2 Å². The highest BCUT2D eigenvalue weighted by Gasteiger charge is 2.23. The van der Waals surface area contributed by atoms with E-state index in [1.54, 1.807) is 24.3 Å². The Kier molecular flexibility index (Phi) is 5.35. The molecule has 3 amide bonds. The van der Waals surface area contributed by atoms with Crippen LogP contribution in [0.3, 0.4) is 0 Å². The number of rotatable bonds is 5. The summed E-state index contributed by atoms with van der Waals surface area (Å²) in [5, 5.41) is 5.50. The van der Waals surface area contributed by atoms with Gasteiger partial charge >= 0.3 is 6.03 Å². The predicted octanol–water partition coefficient (Wildman–Crippen LogP) is 3.76. The molecule has 134 valence electrons. The molecule has 0 aromatic heterocycles. The van der Waals surface area contributed by atoms with Crippen molar-refractivity contribution in [3.8, 4) is 11.5 Å². The van der Waals surface area contributed by atoms with Crippen molar-refractivity contribution in [2.75, 3.05) is 7.11 Å². The van der Waals surface area contributed by atoms with Gasteiger partial charge in [-0.15, -0.1) is 0 Å². The fourth-order valence-corrected chi connectivity index (χ4v) is 2.75. The summed E-state index contributed by atoms with van der Waals surface area (Å²) >= 11 is 12.2. The topological polar surface area (TPSA) is 76.7 Å². The molecule has 0 aliphatic carbocycles. The molecular weight excluding hydrogens is 379 g/mol. The summed E-state index contributed by atoms with van der Waals surface area (Å²) in [7, 11) is 1.49. The normalized spacial score (nSPS) is 15.0. The van der Waals surface area contributed by atoms with Crippen molar-refractivity contribution in [1.29, 1.82) is 0 Å².